The second kappa shape index (κ2) is 13.0. The predicted octanol–water partition coefficient (Wildman–Crippen LogP) is -5.71. The van der Waals surface area contributed by atoms with E-state index in [1.54, 1.807) is 0 Å². The number of aliphatic hydroxyl groups is 1. The first-order valence-corrected chi connectivity index (χ1v) is 6.08. The second-order valence-electron chi connectivity index (χ2n) is 5.70. The zero-order chi connectivity index (χ0) is 15.4. The Morgan fingerprint density at radius 3 is 1.27 bits per heavy atom. The number of fused-ring (bicyclic) bond motifs is 2. The molecule has 7 nitrogen and oxygen atoms in total. The van der Waals surface area contributed by atoms with Crippen molar-refractivity contribution in [2.75, 3.05) is 0 Å². The van der Waals surface area contributed by atoms with Crippen LogP contribution in [0.1, 0.15) is 40.0 Å². The molecule has 0 amide bonds. The first-order valence-electron chi connectivity index (χ1n) is 6.08. The van der Waals surface area contributed by atoms with Crippen molar-refractivity contribution in [2.45, 2.75) is 46.1 Å². The first kappa shape index (κ1) is 31.5. The molecule has 0 heterocycles. The van der Waals surface area contributed by atoms with Crippen LogP contribution < -0.4 is 30.1 Å². The maximum absolute atomic E-state index is 9.81. The summed E-state index contributed by atoms with van der Waals surface area (Å²) in [4.78, 5) is 0. The Morgan fingerprint density at radius 1 is 0.864 bits per heavy atom. The minimum Gasteiger partial charge on any atom is -0.907 e. The summed E-state index contributed by atoms with van der Waals surface area (Å²) < 4.78 is 0. The molecule has 2 saturated carbocycles. The van der Waals surface area contributed by atoms with Gasteiger partial charge in [0.1, 0.15) is 0 Å². The summed E-state index contributed by atoms with van der Waals surface area (Å²) in [5, 5.41) is 60.3. The average molecular weight is 468 g/mol. The summed E-state index contributed by atoms with van der Waals surface area (Å²) in [6.45, 7) is 6.90. The van der Waals surface area contributed by atoms with Crippen molar-refractivity contribution in [3.8, 4) is 0 Å². The van der Waals surface area contributed by atoms with E-state index >= 15 is 0 Å². The van der Waals surface area contributed by atoms with E-state index < -0.39 is 14.6 Å². The molecule has 2 fully saturated rings. The topological polar surface area (TPSA) is 159 Å². The van der Waals surface area contributed by atoms with Gasteiger partial charge in [-0.15, -0.1) is 0 Å². The molecule has 1 N–H and O–H groups in total. The smallest absolute Gasteiger partial charge is 0.907 e. The SMILES string of the molecule is CC1(C)C2CCC1(C)C(O)C2.[O-]B([O-])[O-].[O-]B([O-])[O-].[Zn+2].[Zn+2].[Zn+2]. The van der Waals surface area contributed by atoms with Crippen LogP contribution in [0.4, 0.5) is 0 Å². The van der Waals surface area contributed by atoms with Gasteiger partial charge in [-0.2, -0.15) is 0 Å². The van der Waals surface area contributed by atoms with Crippen LogP contribution in [-0.2, 0) is 58.4 Å². The van der Waals surface area contributed by atoms with E-state index in [1.807, 2.05) is 0 Å². The van der Waals surface area contributed by atoms with Crippen molar-refractivity contribution >= 4 is 14.6 Å². The molecule has 12 heteroatoms. The van der Waals surface area contributed by atoms with Crippen molar-refractivity contribution in [2.24, 2.45) is 16.7 Å². The molecule has 0 aromatic heterocycles. The van der Waals surface area contributed by atoms with Gasteiger partial charge in [-0.1, -0.05) is 20.8 Å². The van der Waals surface area contributed by atoms with E-state index in [-0.39, 0.29) is 70.0 Å². The van der Waals surface area contributed by atoms with Crippen LogP contribution in [0.25, 0.3) is 0 Å². The Hall–Kier alpha value is 1.72. The van der Waals surface area contributed by atoms with Gasteiger partial charge < -0.3 is 35.3 Å². The summed E-state index contributed by atoms with van der Waals surface area (Å²) in [5.41, 5.74) is 0.601. The molecule has 0 radical (unpaired) electrons. The molecule has 0 aliphatic heterocycles. The van der Waals surface area contributed by atoms with Crippen LogP contribution in [0.2, 0.25) is 0 Å². The molecular weight excluding hydrogens is 450 g/mol. The van der Waals surface area contributed by atoms with Crippen LogP contribution in [0.5, 0.6) is 0 Å². The first-order chi connectivity index (χ1) is 8.45. The van der Waals surface area contributed by atoms with Gasteiger partial charge in [0.25, 0.3) is 0 Å². The second-order valence-corrected chi connectivity index (χ2v) is 5.70. The standard InChI is InChI=1S/C10H18O.2BO3.3Zn/c1-9(2)7-4-5-10(9,3)8(11)6-7;2*2-1(3)4;;;/h7-8,11H,4-6H2,1-3H3;;;;;/q;2*-3;3*+2. The quantitative estimate of drug-likeness (QED) is 0.347. The maximum Gasteiger partial charge on any atom is 2.00 e. The fourth-order valence-corrected chi connectivity index (χ4v) is 3.16. The average Bonchev–Trinajstić information content (AvgIpc) is 2.48. The van der Waals surface area contributed by atoms with Crippen molar-refractivity contribution in [1.29, 1.82) is 0 Å². The molecule has 0 saturated heterocycles. The molecule has 3 unspecified atom stereocenters. The summed E-state index contributed by atoms with van der Waals surface area (Å²) in [6.07, 6.45) is 3.58. The van der Waals surface area contributed by atoms with Gasteiger partial charge in [-0.05, 0) is 36.0 Å². The summed E-state index contributed by atoms with van der Waals surface area (Å²) in [7, 11) is -5.83. The van der Waals surface area contributed by atoms with Crippen molar-refractivity contribution in [1.82, 2.24) is 0 Å². The van der Waals surface area contributed by atoms with Crippen LogP contribution >= 0.6 is 0 Å². The third-order valence-electron chi connectivity index (χ3n) is 4.75. The third kappa shape index (κ3) is 8.71. The van der Waals surface area contributed by atoms with Gasteiger partial charge >= 0.3 is 58.4 Å². The summed E-state index contributed by atoms with van der Waals surface area (Å²) in [5.74, 6) is 0.780. The van der Waals surface area contributed by atoms with Gasteiger partial charge in [0.2, 0.25) is 0 Å². The van der Waals surface area contributed by atoms with E-state index in [4.69, 9.17) is 30.1 Å². The van der Waals surface area contributed by atoms with Crippen LogP contribution in [0.3, 0.4) is 0 Å². The molecule has 2 rings (SSSR count). The summed E-state index contributed by atoms with van der Waals surface area (Å²) >= 11 is 0. The minimum absolute atomic E-state index is 0. The molecule has 0 aromatic rings. The number of hydrogen-bond acceptors (Lipinski definition) is 7. The Kier molecular flexibility index (Phi) is 18.6. The van der Waals surface area contributed by atoms with Gasteiger partial charge in [0.05, 0.1) is 6.10 Å². The largest absolute Gasteiger partial charge is 2.00 e. The Morgan fingerprint density at radius 2 is 1.18 bits per heavy atom. The van der Waals surface area contributed by atoms with Crippen LogP contribution in [-0.4, -0.2) is 25.9 Å². The molecule has 2 aliphatic carbocycles. The Balaban J connectivity index is -0.000000128. The molecular formula is C10H18B2O7Zn3. The van der Waals surface area contributed by atoms with E-state index in [2.05, 4.69) is 20.8 Å². The molecule has 22 heavy (non-hydrogen) atoms. The van der Waals surface area contributed by atoms with Crippen LogP contribution in [0.15, 0.2) is 0 Å². The third-order valence-corrected chi connectivity index (χ3v) is 4.75. The molecule has 0 aromatic carbocycles. The van der Waals surface area contributed by atoms with Crippen molar-refractivity contribution in [3.63, 3.8) is 0 Å². The molecule has 112 valence electrons. The number of rotatable bonds is 0. The fraction of sp³-hybridized carbons (Fsp3) is 1.00. The maximum atomic E-state index is 9.81. The predicted molar refractivity (Wildman–Crippen MR) is 56.7 cm³/mol. The Labute approximate surface area is 170 Å². The number of aliphatic hydroxyl groups excluding tert-OH is 1. The summed E-state index contributed by atoms with van der Waals surface area (Å²) in [6, 6.07) is 0. The monoisotopic (exact) mass is 464 g/mol. The van der Waals surface area contributed by atoms with Gasteiger partial charge in [-0.25, -0.2) is 0 Å². The number of hydrogen-bond donors (Lipinski definition) is 1. The van der Waals surface area contributed by atoms with E-state index in [0.717, 1.165) is 12.3 Å². The van der Waals surface area contributed by atoms with Crippen molar-refractivity contribution < 1.29 is 93.7 Å². The molecule has 0 spiro atoms. The normalized spacial score (nSPS) is 29.2. The van der Waals surface area contributed by atoms with Gasteiger partial charge in [-0.3, -0.25) is 14.6 Å². The molecule has 2 aliphatic rings. The molecule has 3 atom stereocenters. The molecule has 2 bridgehead atoms. The van der Waals surface area contributed by atoms with E-state index in [0.29, 0.717) is 5.41 Å². The Bertz CT molecular complexity index is 276. The van der Waals surface area contributed by atoms with E-state index in [9.17, 15) is 5.11 Å². The zero-order valence-corrected chi connectivity index (χ0v) is 22.4. The minimum atomic E-state index is -2.92. The van der Waals surface area contributed by atoms with Gasteiger partial charge in [0, 0.05) is 0 Å². The zero-order valence-electron chi connectivity index (χ0n) is 13.4. The van der Waals surface area contributed by atoms with Crippen molar-refractivity contribution in [3.05, 3.63) is 0 Å². The van der Waals surface area contributed by atoms with E-state index in [1.165, 1.54) is 12.8 Å². The van der Waals surface area contributed by atoms with Crippen LogP contribution in [0, 0.1) is 16.7 Å². The fourth-order valence-electron chi connectivity index (χ4n) is 3.16. The van der Waals surface area contributed by atoms with Gasteiger partial charge in [0.15, 0.2) is 0 Å².